The average Bonchev–Trinajstić information content (AvgIpc) is 3.64. The number of halogens is 2. The van der Waals surface area contributed by atoms with E-state index in [1.165, 1.54) is 29.2 Å². The van der Waals surface area contributed by atoms with Crippen LogP contribution < -0.4 is 10.2 Å². The first kappa shape index (κ1) is 25.9. The van der Waals surface area contributed by atoms with E-state index >= 15 is 0 Å². The summed E-state index contributed by atoms with van der Waals surface area (Å²) in [6.45, 7) is 2.06. The molecule has 188 valence electrons. The van der Waals surface area contributed by atoms with Gasteiger partial charge in [0.05, 0.1) is 33.3 Å². The molecule has 0 bridgehead atoms. The van der Waals surface area contributed by atoms with Crippen molar-refractivity contribution in [3.05, 3.63) is 88.7 Å². The molecule has 1 fully saturated rings. The van der Waals surface area contributed by atoms with E-state index in [0.717, 1.165) is 18.9 Å². The van der Waals surface area contributed by atoms with Crippen molar-refractivity contribution in [2.24, 2.45) is 5.92 Å². The Balaban J connectivity index is 1.40. The Labute approximate surface area is 215 Å². The standard InChI is InChI=1S/C27H26ClFN2O4S/c1-2-31(25-6-4-3-5-23(25)28)27(33)22-14-11-20(16-24(22)29)30-26(32)15-18-9-12-21(13-10-18)36(34,35)17-19-7-8-19/h3-6,9-14,16,19H,2,7-8,15,17H2,1H3,(H,30,32). The number of rotatable bonds is 9. The molecule has 6 nitrogen and oxygen atoms in total. The van der Waals surface area contributed by atoms with Gasteiger partial charge in [-0.05, 0) is 73.7 Å². The van der Waals surface area contributed by atoms with Crippen molar-refractivity contribution in [1.82, 2.24) is 0 Å². The molecule has 9 heteroatoms. The van der Waals surface area contributed by atoms with E-state index in [1.54, 1.807) is 43.3 Å². The van der Waals surface area contributed by atoms with Crippen molar-refractivity contribution < 1.29 is 22.4 Å². The molecule has 0 heterocycles. The molecular weight excluding hydrogens is 503 g/mol. The van der Waals surface area contributed by atoms with Gasteiger partial charge in [-0.2, -0.15) is 0 Å². The first-order valence-corrected chi connectivity index (χ1v) is 13.7. The summed E-state index contributed by atoms with van der Waals surface area (Å²) in [5.41, 5.74) is 1.18. The minimum atomic E-state index is -3.32. The highest BCUT2D eigenvalue weighted by atomic mass is 35.5. The molecule has 1 N–H and O–H groups in total. The van der Waals surface area contributed by atoms with E-state index in [1.807, 2.05) is 0 Å². The number of carbonyl (C=O) groups is 2. The minimum absolute atomic E-state index is 0.0125. The molecular formula is C27H26ClFN2O4S. The molecule has 0 saturated heterocycles. The number of amides is 2. The molecule has 1 saturated carbocycles. The van der Waals surface area contributed by atoms with Crippen LogP contribution in [0.1, 0.15) is 35.7 Å². The zero-order chi connectivity index (χ0) is 25.9. The van der Waals surface area contributed by atoms with Crippen LogP contribution in [0.25, 0.3) is 0 Å². The number of nitrogens with zero attached hydrogens (tertiary/aromatic N) is 1. The summed E-state index contributed by atoms with van der Waals surface area (Å²) in [4.78, 5) is 27.1. The molecule has 4 rings (SSSR count). The van der Waals surface area contributed by atoms with Crippen LogP contribution in [0.15, 0.2) is 71.6 Å². The number of carbonyl (C=O) groups excluding carboxylic acids is 2. The van der Waals surface area contributed by atoms with E-state index in [4.69, 9.17) is 11.6 Å². The third-order valence-corrected chi connectivity index (χ3v) is 8.21. The number of para-hydroxylation sites is 1. The molecule has 36 heavy (non-hydrogen) atoms. The Morgan fingerprint density at radius 2 is 1.75 bits per heavy atom. The van der Waals surface area contributed by atoms with Gasteiger partial charge in [-0.15, -0.1) is 0 Å². The smallest absolute Gasteiger partial charge is 0.261 e. The van der Waals surface area contributed by atoms with Crippen molar-refractivity contribution >= 4 is 44.6 Å². The molecule has 3 aromatic rings. The van der Waals surface area contributed by atoms with Crippen LogP contribution in [0.2, 0.25) is 5.02 Å². The topological polar surface area (TPSA) is 83.6 Å². The number of benzene rings is 3. The number of hydrogen-bond donors (Lipinski definition) is 1. The summed E-state index contributed by atoms with van der Waals surface area (Å²) in [5, 5.41) is 3.00. The highest BCUT2D eigenvalue weighted by Crippen LogP contribution is 2.32. The third-order valence-electron chi connectivity index (χ3n) is 5.99. The predicted molar refractivity (Wildman–Crippen MR) is 139 cm³/mol. The van der Waals surface area contributed by atoms with Gasteiger partial charge in [0, 0.05) is 12.2 Å². The van der Waals surface area contributed by atoms with Gasteiger partial charge in [0.1, 0.15) is 5.82 Å². The highest BCUT2D eigenvalue weighted by Gasteiger charge is 2.29. The molecule has 0 aliphatic heterocycles. The van der Waals surface area contributed by atoms with Gasteiger partial charge in [-0.1, -0.05) is 35.9 Å². The fourth-order valence-corrected chi connectivity index (χ4v) is 5.84. The van der Waals surface area contributed by atoms with Gasteiger partial charge >= 0.3 is 0 Å². The van der Waals surface area contributed by atoms with Gasteiger partial charge in [0.15, 0.2) is 9.84 Å². The fourth-order valence-electron chi connectivity index (χ4n) is 3.90. The van der Waals surface area contributed by atoms with E-state index in [9.17, 15) is 22.4 Å². The lowest BCUT2D eigenvalue weighted by atomic mass is 10.1. The Kier molecular flexibility index (Phi) is 7.76. The van der Waals surface area contributed by atoms with Crippen LogP contribution in [-0.2, 0) is 21.1 Å². The van der Waals surface area contributed by atoms with E-state index < -0.39 is 27.5 Å². The molecule has 0 radical (unpaired) electrons. The number of hydrogen-bond acceptors (Lipinski definition) is 4. The summed E-state index contributed by atoms with van der Waals surface area (Å²) in [5.74, 6) is -1.30. The predicted octanol–water partition coefficient (Wildman–Crippen LogP) is 5.51. The maximum atomic E-state index is 14.9. The second-order valence-electron chi connectivity index (χ2n) is 8.79. The SMILES string of the molecule is CCN(C(=O)c1ccc(NC(=O)Cc2ccc(S(=O)(=O)CC3CC3)cc2)cc1F)c1ccccc1Cl. The van der Waals surface area contributed by atoms with Gasteiger partial charge in [0.25, 0.3) is 5.91 Å². The summed E-state index contributed by atoms with van der Waals surface area (Å²) in [6, 6.07) is 16.9. The monoisotopic (exact) mass is 528 g/mol. The van der Waals surface area contributed by atoms with Gasteiger partial charge in [-0.3, -0.25) is 9.59 Å². The zero-order valence-electron chi connectivity index (χ0n) is 19.7. The molecule has 0 unspecified atom stereocenters. The second kappa shape index (κ2) is 10.8. The molecule has 0 spiro atoms. The van der Waals surface area contributed by atoms with Crippen LogP contribution in [-0.4, -0.2) is 32.5 Å². The maximum absolute atomic E-state index is 14.9. The molecule has 3 aromatic carbocycles. The van der Waals surface area contributed by atoms with E-state index in [2.05, 4.69) is 5.32 Å². The lowest BCUT2D eigenvalue weighted by molar-refractivity contribution is -0.115. The van der Waals surface area contributed by atoms with Crippen molar-refractivity contribution in [3.63, 3.8) is 0 Å². The quantitative estimate of drug-likeness (QED) is 0.397. The van der Waals surface area contributed by atoms with Crippen LogP contribution in [0.5, 0.6) is 0 Å². The van der Waals surface area contributed by atoms with E-state index in [-0.39, 0.29) is 34.2 Å². The van der Waals surface area contributed by atoms with Crippen molar-refractivity contribution in [2.45, 2.75) is 31.1 Å². The highest BCUT2D eigenvalue weighted by molar-refractivity contribution is 7.91. The second-order valence-corrected chi connectivity index (χ2v) is 11.2. The summed E-state index contributed by atoms with van der Waals surface area (Å²) in [7, 11) is -3.32. The van der Waals surface area contributed by atoms with E-state index in [0.29, 0.717) is 22.8 Å². The van der Waals surface area contributed by atoms with Crippen LogP contribution in [0, 0.1) is 11.7 Å². The van der Waals surface area contributed by atoms with Crippen molar-refractivity contribution in [1.29, 1.82) is 0 Å². The summed E-state index contributed by atoms with van der Waals surface area (Å²) < 4.78 is 39.6. The molecule has 1 aliphatic carbocycles. The molecule has 1 aliphatic rings. The average molecular weight is 529 g/mol. The maximum Gasteiger partial charge on any atom is 0.261 e. The fraction of sp³-hybridized carbons (Fsp3) is 0.259. The Hall–Kier alpha value is -3.23. The Morgan fingerprint density at radius 1 is 1.06 bits per heavy atom. The first-order valence-electron chi connectivity index (χ1n) is 11.7. The van der Waals surface area contributed by atoms with Crippen molar-refractivity contribution in [2.75, 3.05) is 22.5 Å². The minimum Gasteiger partial charge on any atom is -0.326 e. The number of nitrogens with one attached hydrogen (secondary N) is 1. The largest absolute Gasteiger partial charge is 0.326 e. The zero-order valence-corrected chi connectivity index (χ0v) is 21.3. The number of sulfone groups is 1. The molecule has 0 atom stereocenters. The van der Waals surface area contributed by atoms with Gasteiger partial charge < -0.3 is 10.2 Å². The molecule has 0 aromatic heterocycles. The third kappa shape index (κ3) is 6.12. The lowest BCUT2D eigenvalue weighted by Gasteiger charge is -2.22. The van der Waals surface area contributed by atoms with Gasteiger partial charge in [-0.25, -0.2) is 12.8 Å². The van der Waals surface area contributed by atoms with Crippen LogP contribution in [0.3, 0.4) is 0 Å². The lowest BCUT2D eigenvalue weighted by Crippen LogP contribution is -2.31. The summed E-state index contributed by atoms with van der Waals surface area (Å²) in [6.07, 6.45) is 1.89. The van der Waals surface area contributed by atoms with Crippen LogP contribution in [0.4, 0.5) is 15.8 Å². The summed E-state index contributed by atoms with van der Waals surface area (Å²) >= 11 is 6.21. The van der Waals surface area contributed by atoms with Gasteiger partial charge in [0.2, 0.25) is 5.91 Å². The normalized spacial score (nSPS) is 13.3. The number of anilines is 2. The molecule has 2 amide bonds. The first-order chi connectivity index (χ1) is 17.2. The Morgan fingerprint density at radius 3 is 2.36 bits per heavy atom. The van der Waals surface area contributed by atoms with Crippen LogP contribution >= 0.6 is 11.6 Å². The Bertz CT molecular complexity index is 1390. The van der Waals surface area contributed by atoms with Crippen molar-refractivity contribution in [3.8, 4) is 0 Å².